The summed E-state index contributed by atoms with van der Waals surface area (Å²) in [7, 11) is 0. The van der Waals surface area contributed by atoms with Gasteiger partial charge in [-0.05, 0) is 73.6 Å². The highest BCUT2D eigenvalue weighted by atomic mass is 16.2. The zero-order valence-corrected chi connectivity index (χ0v) is 16.4. The summed E-state index contributed by atoms with van der Waals surface area (Å²) in [6.07, 6.45) is 5.08. The maximum Gasteiger partial charge on any atom is 0.255 e. The van der Waals surface area contributed by atoms with Crippen molar-refractivity contribution in [1.82, 2.24) is 0 Å². The van der Waals surface area contributed by atoms with Gasteiger partial charge in [0.05, 0.1) is 17.5 Å². The first-order valence-corrected chi connectivity index (χ1v) is 9.99. The largest absolute Gasteiger partial charge is 0.322 e. The fourth-order valence-electron chi connectivity index (χ4n) is 4.98. The van der Waals surface area contributed by atoms with Gasteiger partial charge in [0, 0.05) is 11.3 Å². The van der Waals surface area contributed by atoms with Gasteiger partial charge in [0.25, 0.3) is 5.91 Å². The van der Waals surface area contributed by atoms with E-state index in [4.69, 9.17) is 0 Å². The van der Waals surface area contributed by atoms with E-state index >= 15 is 0 Å². The van der Waals surface area contributed by atoms with Crippen molar-refractivity contribution < 1.29 is 14.4 Å². The Labute approximate surface area is 169 Å². The Balaban J connectivity index is 1.36. The molecule has 2 aromatic rings. The summed E-state index contributed by atoms with van der Waals surface area (Å²) in [5.41, 5.74) is 3.86. The number of benzene rings is 2. The van der Waals surface area contributed by atoms with E-state index in [2.05, 4.69) is 17.5 Å². The maximum atomic E-state index is 12.9. The van der Waals surface area contributed by atoms with Crippen molar-refractivity contribution in [2.75, 3.05) is 10.2 Å². The fourth-order valence-corrected chi connectivity index (χ4v) is 4.98. The molecular formula is C24H22N2O3. The molecule has 146 valence electrons. The van der Waals surface area contributed by atoms with E-state index in [0.717, 1.165) is 23.2 Å². The Bertz CT molecular complexity index is 1040. The third-order valence-electron chi connectivity index (χ3n) is 6.50. The van der Waals surface area contributed by atoms with Crippen molar-refractivity contribution >= 4 is 29.1 Å². The second-order valence-corrected chi connectivity index (χ2v) is 8.33. The van der Waals surface area contributed by atoms with Crippen molar-refractivity contribution in [3.8, 4) is 0 Å². The number of rotatable bonds is 3. The molecule has 1 aliphatic heterocycles. The summed E-state index contributed by atoms with van der Waals surface area (Å²) in [6.45, 7) is 3.92. The molecule has 4 unspecified atom stereocenters. The smallest absolute Gasteiger partial charge is 0.255 e. The Morgan fingerprint density at radius 2 is 1.55 bits per heavy atom. The van der Waals surface area contributed by atoms with Gasteiger partial charge in [0.2, 0.25) is 11.8 Å². The summed E-state index contributed by atoms with van der Waals surface area (Å²) >= 11 is 0. The first-order chi connectivity index (χ1) is 13.9. The summed E-state index contributed by atoms with van der Waals surface area (Å²) < 4.78 is 0. The van der Waals surface area contributed by atoms with Gasteiger partial charge in [-0.3, -0.25) is 19.3 Å². The minimum Gasteiger partial charge on any atom is -0.322 e. The predicted molar refractivity (Wildman–Crippen MR) is 111 cm³/mol. The lowest BCUT2D eigenvalue weighted by Gasteiger charge is -2.17. The molecule has 5 rings (SSSR count). The number of carbonyl (C=O) groups excluding carboxylic acids is 3. The van der Waals surface area contributed by atoms with Crippen LogP contribution in [0.4, 0.5) is 11.4 Å². The zero-order chi connectivity index (χ0) is 20.3. The van der Waals surface area contributed by atoms with Gasteiger partial charge < -0.3 is 5.32 Å². The van der Waals surface area contributed by atoms with Gasteiger partial charge in [-0.25, -0.2) is 0 Å². The van der Waals surface area contributed by atoms with E-state index in [1.54, 1.807) is 24.3 Å². The van der Waals surface area contributed by atoms with E-state index < -0.39 is 0 Å². The number of carbonyl (C=O) groups is 3. The van der Waals surface area contributed by atoms with Crippen LogP contribution >= 0.6 is 0 Å². The first-order valence-electron chi connectivity index (χ1n) is 9.99. The molecule has 4 atom stereocenters. The van der Waals surface area contributed by atoms with Crippen LogP contribution in [0, 0.1) is 37.5 Å². The van der Waals surface area contributed by atoms with E-state index in [0.29, 0.717) is 11.3 Å². The van der Waals surface area contributed by atoms with Crippen LogP contribution in [0.25, 0.3) is 0 Å². The number of amides is 3. The van der Waals surface area contributed by atoms with Crippen LogP contribution in [-0.4, -0.2) is 17.7 Å². The molecule has 0 radical (unpaired) electrons. The van der Waals surface area contributed by atoms with Crippen molar-refractivity contribution in [1.29, 1.82) is 0 Å². The number of aryl methyl sites for hydroxylation is 2. The number of allylic oxidation sites excluding steroid dienone is 2. The van der Waals surface area contributed by atoms with E-state index in [1.807, 2.05) is 32.0 Å². The molecule has 2 fully saturated rings. The number of hydrogen-bond acceptors (Lipinski definition) is 3. The monoisotopic (exact) mass is 386 g/mol. The van der Waals surface area contributed by atoms with Gasteiger partial charge in [-0.1, -0.05) is 24.3 Å². The van der Waals surface area contributed by atoms with Crippen LogP contribution in [0.5, 0.6) is 0 Å². The molecular weight excluding hydrogens is 364 g/mol. The topological polar surface area (TPSA) is 66.5 Å². The molecule has 1 saturated carbocycles. The Morgan fingerprint density at radius 1 is 0.931 bits per heavy atom. The molecule has 2 aliphatic carbocycles. The molecule has 1 N–H and O–H groups in total. The molecule has 3 aliphatic rings. The average molecular weight is 386 g/mol. The minimum absolute atomic E-state index is 0.107. The number of anilines is 2. The van der Waals surface area contributed by atoms with Gasteiger partial charge in [-0.2, -0.15) is 0 Å². The lowest BCUT2D eigenvalue weighted by molar-refractivity contribution is -0.123. The molecule has 2 bridgehead atoms. The van der Waals surface area contributed by atoms with Crippen LogP contribution < -0.4 is 10.2 Å². The lowest BCUT2D eigenvalue weighted by atomic mass is 9.85. The number of nitrogens with zero attached hydrogens (tertiary/aromatic N) is 1. The molecule has 29 heavy (non-hydrogen) atoms. The highest BCUT2D eigenvalue weighted by Crippen LogP contribution is 2.53. The number of nitrogens with one attached hydrogen (secondary N) is 1. The van der Waals surface area contributed by atoms with Crippen molar-refractivity contribution in [3.63, 3.8) is 0 Å². The molecule has 5 heteroatoms. The van der Waals surface area contributed by atoms with E-state index in [1.165, 1.54) is 4.90 Å². The third kappa shape index (κ3) is 2.72. The van der Waals surface area contributed by atoms with E-state index in [-0.39, 0.29) is 41.4 Å². The molecule has 3 amide bonds. The van der Waals surface area contributed by atoms with Crippen LogP contribution in [-0.2, 0) is 9.59 Å². The lowest BCUT2D eigenvalue weighted by Crippen LogP contribution is -2.32. The van der Waals surface area contributed by atoms with Gasteiger partial charge in [-0.15, -0.1) is 0 Å². The Hall–Kier alpha value is -3.21. The molecule has 1 heterocycles. The highest BCUT2D eigenvalue weighted by molar-refractivity contribution is 6.23. The summed E-state index contributed by atoms with van der Waals surface area (Å²) in [5, 5.41) is 2.93. The standard InChI is InChI=1S/C24H22N2O3/c1-13-3-4-14(2)19(11-13)25-22(27)15-7-9-18(10-8-15)26-23(28)20-16-5-6-17(12-16)21(20)24(26)29/h3-11,16-17,20-21H,12H2,1-2H3,(H,25,27). The van der Waals surface area contributed by atoms with Crippen LogP contribution in [0.3, 0.4) is 0 Å². The minimum atomic E-state index is -0.219. The van der Waals surface area contributed by atoms with Crippen LogP contribution in [0.2, 0.25) is 0 Å². The average Bonchev–Trinajstić information content (AvgIpc) is 3.39. The second-order valence-electron chi connectivity index (χ2n) is 8.33. The highest BCUT2D eigenvalue weighted by Gasteiger charge is 2.59. The van der Waals surface area contributed by atoms with Crippen LogP contribution in [0.15, 0.2) is 54.6 Å². The summed E-state index contributed by atoms with van der Waals surface area (Å²) in [4.78, 5) is 39.8. The predicted octanol–water partition coefficient (Wildman–Crippen LogP) is 3.87. The Morgan fingerprint density at radius 3 is 2.17 bits per heavy atom. The van der Waals surface area contributed by atoms with E-state index in [9.17, 15) is 14.4 Å². The second kappa shape index (κ2) is 6.41. The summed E-state index contributed by atoms with van der Waals surface area (Å²) in [6, 6.07) is 12.6. The van der Waals surface area contributed by atoms with Gasteiger partial charge >= 0.3 is 0 Å². The first kappa shape index (κ1) is 17.9. The molecule has 5 nitrogen and oxygen atoms in total. The fraction of sp³-hybridized carbons (Fsp3) is 0.292. The summed E-state index contributed by atoms with van der Waals surface area (Å²) in [5.74, 6) is -0.491. The molecule has 1 saturated heterocycles. The van der Waals surface area contributed by atoms with Gasteiger partial charge in [0.15, 0.2) is 0 Å². The van der Waals surface area contributed by atoms with Crippen molar-refractivity contribution in [2.24, 2.45) is 23.7 Å². The SMILES string of the molecule is Cc1ccc(C)c(NC(=O)c2ccc(N3C(=O)C4C5C=CC(C5)C4C3=O)cc2)c1. The normalized spacial score (nSPS) is 26.9. The molecule has 2 aromatic carbocycles. The molecule has 0 aromatic heterocycles. The molecule has 0 spiro atoms. The van der Waals surface area contributed by atoms with Gasteiger partial charge in [0.1, 0.15) is 0 Å². The van der Waals surface area contributed by atoms with Crippen molar-refractivity contribution in [2.45, 2.75) is 20.3 Å². The zero-order valence-electron chi connectivity index (χ0n) is 16.4. The third-order valence-corrected chi connectivity index (χ3v) is 6.50. The Kier molecular flexibility index (Phi) is 3.95. The maximum absolute atomic E-state index is 12.9. The van der Waals surface area contributed by atoms with Crippen molar-refractivity contribution in [3.05, 3.63) is 71.3 Å². The number of imide groups is 1. The quantitative estimate of drug-likeness (QED) is 0.643. The number of fused-ring (bicyclic) bond motifs is 5. The van der Waals surface area contributed by atoms with Crippen LogP contribution in [0.1, 0.15) is 27.9 Å². The number of hydrogen-bond donors (Lipinski definition) is 1.